The van der Waals surface area contributed by atoms with Crippen molar-refractivity contribution in [2.24, 2.45) is 11.3 Å². The molecule has 1 aliphatic carbocycles. The lowest BCUT2D eigenvalue weighted by Crippen LogP contribution is -2.17. The van der Waals surface area contributed by atoms with E-state index in [1.54, 1.807) is 0 Å². The van der Waals surface area contributed by atoms with Crippen molar-refractivity contribution in [3.63, 3.8) is 0 Å². The summed E-state index contributed by atoms with van der Waals surface area (Å²) >= 11 is 0. The fraction of sp³-hybridized carbons (Fsp3) is 0.667. The zero-order chi connectivity index (χ0) is 8.77. The Hall–Kier alpha value is -0.830. The van der Waals surface area contributed by atoms with Gasteiger partial charge in [0, 0.05) is 11.0 Å². The Labute approximate surface area is 71.3 Å². The smallest absolute Gasteiger partial charge is 0.333 e. The quantitative estimate of drug-likeness (QED) is 0.451. The Morgan fingerprint density at radius 2 is 2.50 bits per heavy atom. The zero-order valence-corrected chi connectivity index (χ0v) is 7.13. The average molecular weight is 168 g/mol. The minimum atomic E-state index is -0.289. The molecule has 1 aliphatic heterocycles. The molecule has 2 fully saturated rings. The van der Waals surface area contributed by atoms with Gasteiger partial charge in [-0.05, 0) is 12.3 Å². The summed E-state index contributed by atoms with van der Waals surface area (Å²) in [6.07, 6.45) is 1.04. The molecule has 2 aliphatic rings. The van der Waals surface area contributed by atoms with Gasteiger partial charge in [-0.3, -0.25) is 0 Å². The Balaban J connectivity index is 2.10. The summed E-state index contributed by atoms with van der Waals surface area (Å²) in [6, 6.07) is 0. The third-order valence-electron chi connectivity index (χ3n) is 2.94. The van der Waals surface area contributed by atoms with Crippen molar-refractivity contribution in [2.75, 3.05) is 20.3 Å². The van der Waals surface area contributed by atoms with Gasteiger partial charge in [0.2, 0.25) is 0 Å². The van der Waals surface area contributed by atoms with Gasteiger partial charge in [-0.25, -0.2) is 4.79 Å². The van der Waals surface area contributed by atoms with Crippen LogP contribution in [-0.4, -0.2) is 26.3 Å². The van der Waals surface area contributed by atoms with Crippen molar-refractivity contribution >= 4 is 5.97 Å². The van der Waals surface area contributed by atoms with E-state index in [9.17, 15) is 4.79 Å². The van der Waals surface area contributed by atoms with Crippen molar-refractivity contribution < 1.29 is 14.3 Å². The van der Waals surface area contributed by atoms with E-state index in [1.807, 2.05) is 0 Å². The van der Waals surface area contributed by atoms with Crippen LogP contribution in [0.4, 0.5) is 0 Å². The standard InChI is InChI=1S/C9H12O3/c1-6(8(10)11-2)9-3-7(9)4-12-5-9/h7H,1,3-5H2,2H3. The highest BCUT2D eigenvalue weighted by Gasteiger charge is 2.61. The first-order chi connectivity index (χ1) is 5.70. The minimum absolute atomic E-state index is 0.0485. The van der Waals surface area contributed by atoms with Crippen molar-refractivity contribution in [3.05, 3.63) is 12.2 Å². The van der Waals surface area contributed by atoms with E-state index in [2.05, 4.69) is 11.3 Å². The van der Waals surface area contributed by atoms with Gasteiger partial charge >= 0.3 is 5.97 Å². The monoisotopic (exact) mass is 168 g/mol. The maximum Gasteiger partial charge on any atom is 0.333 e. The Morgan fingerprint density at radius 1 is 1.75 bits per heavy atom. The van der Waals surface area contributed by atoms with Gasteiger partial charge in [-0.15, -0.1) is 0 Å². The average Bonchev–Trinajstić information content (AvgIpc) is 2.67. The summed E-state index contributed by atoms with van der Waals surface area (Å²) in [5.41, 5.74) is 0.542. The lowest BCUT2D eigenvalue weighted by molar-refractivity contribution is -0.137. The van der Waals surface area contributed by atoms with Crippen LogP contribution in [-0.2, 0) is 14.3 Å². The third-order valence-corrected chi connectivity index (χ3v) is 2.94. The normalized spacial score (nSPS) is 37.2. The molecule has 0 spiro atoms. The largest absolute Gasteiger partial charge is 0.466 e. The van der Waals surface area contributed by atoms with Crippen LogP contribution < -0.4 is 0 Å². The summed E-state index contributed by atoms with van der Waals surface area (Å²) in [4.78, 5) is 11.2. The summed E-state index contributed by atoms with van der Waals surface area (Å²) in [6.45, 7) is 5.18. The molecular weight excluding hydrogens is 156 g/mol. The molecule has 3 nitrogen and oxygen atoms in total. The predicted octanol–water partition coefficient (Wildman–Crippen LogP) is 0.752. The van der Waals surface area contributed by atoms with E-state index < -0.39 is 0 Å². The predicted molar refractivity (Wildman–Crippen MR) is 42.5 cm³/mol. The SMILES string of the molecule is C=C(C(=O)OC)C12COCC1C2. The zero-order valence-electron chi connectivity index (χ0n) is 7.13. The highest BCUT2D eigenvalue weighted by atomic mass is 16.5. The number of fused-ring (bicyclic) bond motifs is 1. The summed E-state index contributed by atoms with van der Waals surface area (Å²) in [5, 5.41) is 0. The van der Waals surface area contributed by atoms with Gasteiger partial charge in [0.25, 0.3) is 0 Å². The van der Waals surface area contributed by atoms with Crippen LogP contribution in [0.2, 0.25) is 0 Å². The number of rotatable bonds is 2. The molecular formula is C9H12O3. The Kier molecular flexibility index (Phi) is 1.51. The van der Waals surface area contributed by atoms with Gasteiger partial charge in [-0.2, -0.15) is 0 Å². The summed E-state index contributed by atoms with van der Waals surface area (Å²) < 4.78 is 9.88. The maximum absolute atomic E-state index is 11.2. The van der Waals surface area contributed by atoms with E-state index in [-0.39, 0.29) is 11.4 Å². The fourth-order valence-corrected chi connectivity index (χ4v) is 1.94. The summed E-state index contributed by atoms with van der Waals surface area (Å²) in [5.74, 6) is 0.229. The van der Waals surface area contributed by atoms with E-state index in [1.165, 1.54) is 7.11 Å². The van der Waals surface area contributed by atoms with Crippen molar-refractivity contribution in [1.82, 2.24) is 0 Å². The molecule has 3 heteroatoms. The lowest BCUT2D eigenvalue weighted by atomic mass is 9.97. The molecule has 0 aromatic rings. The number of carbonyl (C=O) groups excluding carboxylic acids is 1. The topological polar surface area (TPSA) is 35.5 Å². The first kappa shape index (κ1) is 7.80. The molecule has 66 valence electrons. The summed E-state index contributed by atoms with van der Waals surface area (Å²) in [7, 11) is 1.39. The van der Waals surface area contributed by atoms with Crippen molar-refractivity contribution in [1.29, 1.82) is 0 Å². The molecule has 0 radical (unpaired) electrons. The number of ether oxygens (including phenoxy) is 2. The fourth-order valence-electron chi connectivity index (χ4n) is 1.94. The van der Waals surface area contributed by atoms with Crippen LogP contribution in [0.5, 0.6) is 0 Å². The molecule has 0 amide bonds. The van der Waals surface area contributed by atoms with Crippen LogP contribution in [0.25, 0.3) is 0 Å². The van der Waals surface area contributed by atoms with E-state index in [4.69, 9.17) is 4.74 Å². The van der Waals surface area contributed by atoms with Crippen LogP contribution in [0.1, 0.15) is 6.42 Å². The van der Waals surface area contributed by atoms with E-state index in [0.29, 0.717) is 18.1 Å². The molecule has 0 N–H and O–H groups in total. The van der Waals surface area contributed by atoms with E-state index in [0.717, 1.165) is 13.0 Å². The molecule has 2 atom stereocenters. The highest BCUT2D eigenvalue weighted by molar-refractivity contribution is 5.90. The van der Waals surface area contributed by atoms with Crippen LogP contribution in [0.3, 0.4) is 0 Å². The molecule has 1 saturated heterocycles. The number of hydrogen-bond donors (Lipinski definition) is 0. The maximum atomic E-state index is 11.2. The second kappa shape index (κ2) is 2.33. The number of hydrogen-bond acceptors (Lipinski definition) is 3. The van der Waals surface area contributed by atoms with Gasteiger partial charge in [-0.1, -0.05) is 6.58 Å². The second-order valence-corrected chi connectivity index (χ2v) is 3.54. The van der Waals surface area contributed by atoms with Crippen molar-refractivity contribution in [2.45, 2.75) is 6.42 Å². The first-order valence-electron chi connectivity index (χ1n) is 4.06. The molecule has 1 saturated carbocycles. The van der Waals surface area contributed by atoms with Crippen LogP contribution in [0.15, 0.2) is 12.2 Å². The molecule has 12 heavy (non-hydrogen) atoms. The van der Waals surface area contributed by atoms with Crippen LogP contribution >= 0.6 is 0 Å². The number of methoxy groups -OCH3 is 1. The van der Waals surface area contributed by atoms with Gasteiger partial charge in [0.1, 0.15) is 0 Å². The third kappa shape index (κ3) is 0.829. The molecule has 0 bridgehead atoms. The Morgan fingerprint density at radius 3 is 2.92 bits per heavy atom. The van der Waals surface area contributed by atoms with Gasteiger partial charge in [0.05, 0.1) is 20.3 Å². The first-order valence-corrected chi connectivity index (χ1v) is 4.06. The number of carbonyl (C=O) groups is 1. The van der Waals surface area contributed by atoms with E-state index >= 15 is 0 Å². The minimum Gasteiger partial charge on any atom is -0.466 e. The molecule has 2 rings (SSSR count). The molecule has 2 unspecified atom stereocenters. The second-order valence-electron chi connectivity index (χ2n) is 3.54. The number of esters is 1. The highest BCUT2D eigenvalue weighted by Crippen LogP contribution is 2.61. The molecule has 1 heterocycles. The lowest BCUT2D eigenvalue weighted by Gasteiger charge is -2.11. The molecule has 0 aromatic heterocycles. The van der Waals surface area contributed by atoms with Gasteiger partial charge < -0.3 is 9.47 Å². The van der Waals surface area contributed by atoms with Gasteiger partial charge in [0.15, 0.2) is 0 Å². The van der Waals surface area contributed by atoms with Crippen LogP contribution in [0, 0.1) is 11.3 Å². The van der Waals surface area contributed by atoms with Crippen molar-refractivity contribution in [3.8, 4) is 0 Å². The Bertz CT molecular complexity index is 246. The molecule has 0 aromatic carbocycles.